The molecule has 0 amide bonds. The van der Waals surface area contributed by atoms with Crippen molar-refractivity contribution in [2.75, 3.05) is 5.32 Å². The van der Waals surface area contributed by atoms with Gasteiger partial charge in [0.2, 0.25) is 5.89 Å². The van der Waals surface area contributed by atoms with Gasteiger partial charge in [-0.2, -0.15) is 0 Å². The van der Waals surface area contributed by atoms with E-state index in [0.717, 1.165) is 22.3 Å². The molecule has 124 valence electrons. The summed E-state index contributed by atoms with van der Waals surface area (Å²) in [5, 5.41) is 4.24. The van der Waals surface area contributed by atoms with E-state index in [4.69, 9.17) is 4.42 Å². The number of hydrogen-bond acceptors (Lipinski definition) is 5. The maximum Gasteiger partial charge on any atom is 0.218 e. The summed E-state index contributed by atoms with van der Waals surface area (Å²) in [5.41, 5.74) is 1.21. The van der Waals surface area contributed by atoms with Crippen molar-refractivity contribution in [1.82, 2.24) is 9.97 Å². The van der Waals surface area contributed by atoms with Crippen LogP contribution in [0, 0.1) is 0 Å². The largest absolute Gasteiger partial charge is 0.441 e. The monoisotopic (exact) mass is 339 g/mol. The molecule has 0 spiro atoms. The second kappa shape index (κ2) is 7.01. The maximum absolute atomic E-state index is 5.75. The summed E-state index contributed by atoms with van der Waals surface area (Å²) in [4.78, 5) is 9.75. The quantitative estimate of drug-likeness (QED) is 0.693. The SMILES string of the molecule is CC(C)(C)c1cnc(/C=C/c2cnc(NCc3ccccc3)s2)o1. The van der Waals surface area contributed by atoms with Gasteiger partial charge in [-0.05, 0) is 11.6 Å². The predicted octanol–water partition coefficient (Wildman–Crippen LogP) is 5.21. The molecular weight excluding hydrogens is 318 g/mol. The number of thiazole rings is 1. The molecule has 2 heterocycles. The van der Waals surface area contributed by atoms with Gasteiger partial charge < -0.3 is 9.73 Å². The highest BCUT2D eigenvalue weighted by atomic mass is 32.1. The van der Waals surface area contributed by atoms with Crippen molar-refractivity contribution in [3.8, 4) is 0 Å². The van der Waals surface area contributed by atoms with Crippen LogP contribution in [0.3, 0.4) is 0 Å². The third-order valence-corrected chi connectivity index (χ3v) is 4.38. The zero-order valence-corrected chi connectivity index (χ0v) is 14.9. The van der Waals surface area contributed by atoms with Crippen LogP contribution in [0.1, 0.15) is 42.9 Å². The number of nitrogens with zero attached hydrogens (tertiary/aromatic N) is 2. The lowest BCUT2D eigenvalue weighted by Gasteiger charge is -2.12. The van der Waals surface area contributed by atoms with Crippen molar-refractivity contribution < 1.29 is 4.42 Å². The van der Waals surface area contributed by atoms with E-state index < -0.39 is 0 Å². The Morgan fingerprint density at radius 2 is 1.88 bits per heavy atom. The standard InChI is InChI=1S/C19H21N3OS/c1-19(2,3)16-13-20-17(23-16)10-9-15-12-22-18(24-15)21-11-14-7-5-4-6-8-14/h4-10,12-13H,11H2,1-3H3,(H,21,22)/b10-9+. The van der Waals surface area contributed by atoms with Gasteiger partial charge in [-0.1, -0.05) is 62.4 Å². The summed E-state index contributed by atoms with van der Waals surface area (Å²) in [5.74, 6) is 1.50. The van der Waals surface area contributed by atoms with Crippen LogP contribution in [0.25, 0.3) is 12.2 Å². The number of aromatic nitrogens is 2. The van der Waals surface area contributed by atoms with Crippen LogP contribution in [-0.4, -0.2) is 9.97 Å². The minimum Gasteiger partial charge on any atom is -0.441 e. The van der Waals surface area contributed by atoms with Gasteiger partial charge in [0.15, 0.2) is 5.13 Å². The van der Waals surface area contributed by atoms with E-state index >= 15 is 0 Å². The van der Waals surface area contributed by atoms with Gasteiger partial charge in [0.05, 0.1) is 6.20 Å². The molecule has 2 aromatic heterocycles. The van der Waals surface area contributed by atoms with Crippen LogP contribution < -0.4 is 5.32 Å². The summed E-state index contributed by atoms with van der Waals surface area (Å²) in [6.45, 7) is 7.09. The molecule has 0 aliphatic heterocycles. The first-order valence-corrected chi connectivity index (χ1v) is 8.70. The Balaban J connectivity index is 1.60. The predicted molar refractivity (Wildman–Crippen MR) is 100 cm³/mol. The summed E-state index contributed by atoms with van der Waals surface area (Å²) in [6.07, 6.45) is 7.49. The van der Waals surface area contributed by atoms with E-state index in [1.165, 1.54) is 5.56 Å². The van der Waals surface area contributed by atoms with Crippen LogP contribution in [0.2, 0.25) is 0 Å². The fraction of sp³-hybridized carbons (Fsp3) is 0.263. The van der Waals surface area contributed by atoms with E-state index in [1.54, 1.807) is 17.5 Å². The molecule has 5 heteroatoms. The lowest BCUT2D eigenvalue weighted by atomic mass is 9.94. The molecule has 1 aromatic carbocycles. The second-order valence-corrected chi connectivity index (χ2v) is 7.62. The van der Waals surface area contributed by atoms with Crippen LogP contribution in [0.5, 0.6) is 0 Å². The maximum atomic E-state index is 5.75. The first-order valence-electron chi connectivity index (χ1n) is 7.89. The van der Waals surface area contributed by atoms with Crippen molar-refractivity contribution in [1.29, 1.82) is 0 Å². The Morgan fingerprint density at radius 1 is 1.08 bits per heavy atom. The number of oxazole rings is 1. The number of hydrogen-bond donors (Lipinski definition) is 1. The molecular formula is C19H21N3OS. The minimum atomic E-state index is -0.0297. The fourth-order valence-corrected chi connectivity index (χ4v) is 2.80. The smallest absolute Gasteiger partial charge is 0.218 e. The Kier molecular flexibility index (Phi) is 4.81. The van der Waals surface area contributed by atoms with Gasteiger partial charge in [0, 0.05) is 29.1 Å². The van der Waals surface area contributed by atoms with Crippen molar-refractivity contribution in [2.45, 2.75) is 32.7 Å². The van der Waals surface area contributed by atoms with Crippen LogP contribution in [-0.2, 0) is 12.0 Å². The number of nitrogens with one attached hydrogen (secondary N) is 1. The normalized spacial score (nSPS) is 12.0. The zero-order chi connectivity index (χ0) is 17.0. The van der Waals surface area contributed by atoms with Crippen LogP contribution in [0.4, 0.5) is 5.13 Å². The summed E-state index contributed by atoms with van der Waals surface area (Å²) in [6, 6.07) is 10.3. The molecule has 24 heavy (non-hydrogen) atoms. The molecule has 0 bridgehead atoms. The van der Waals surface area contributed by atoms with Gasteiger partial charge in [0.1, 0.15) is 5.76 Å². The Hall–Kier alpha value is -2.40. The summed E-state index contributed by atoms with van der Waals surface area (Å²) >= 11 is 1.61. The first-order chi connectivity index (χ1) is 11.5. The number of benzene rings is 1. The summed E-state index contributed by atoms with van der Waals surface area (Å²) in [7, 11) is 0. The second-order valence-electron chi connectivity index (χ2n) is 6.55. The molecule has 1 N–H and O–H groups in total. The molecule has 3 rings (SSSR count). The van der Waals surface area contributed by atoms with Gasteiger partial charge >= 0.3 is 0 Å². The highest BCUT2D eigenvalue weighted by Gasteiger charge is 2.18. The lowest BCUT2D eigenvalue weighted by molar-refractivity contribution is 0.403. The number of anilines is 1. The van der Waals surface area contributed by atoms with E-state index in [-0.39, 0.29) is 5.41 Å². The van der Waals surface area contributed by atoms with E-state index in [9.17, 15) is 0 Å². The van der Waals surface area contributed by atoms with Crippen LogP contribution in [0.15, 0.2) is 47.1 Å². The molecule has 0 aliphatic rings. The van der Waals surface area contributed by atoms with Crippen molar-refractivity contribution in [3.05, 3.63) is 64.8 Å². The van der Waals surface area contributed by atoms with Crippen LogP contribution >= 0.6 is 11.3 Å². The van der Waals surface area contributed by atoms with E-state index in [1.807, 2.05) is 36.5 Å². The fourth-order valence-electron chi connectivity index (χ4n) is 2.08. The molecule has 0 fully saturated rings. The summed E-state index contributed by atoms with van der Waals surface area (Å²) < 4.78 is 5.75. The number of rotatable bonds is 5. The first kappa shape index (κ1) is 16.5. The van der Waals surface area contributed by atoms with Gasteiger partial charge in [0.25, 0.3) is 0 Å². The highest BCUT2D eigenvalue weighted by molar-refractivity contribution is 7.16. The Morgan fingerprint density at radius 3 is 2.58 bits per heavy atom. The molecule has 0 unspecified atom stereocenters. The van der Waals surface area contributed by atoms with Crippen molar-refractivity contribution in [3.63, 3.8) is 0 Å². The van der Waals surface area contributed by atoms with E-state index in [0.29, 0.717) is 5.89 Å². The van der Waals surface area contributed by atoms with Crippen molar-refractivity contribution in [2.24, 2.45) is 0 Å². The van der Waals surface area contributed by atoms with Gasteiger partial charge in [-0.25, -0.2) is 9.97 Å². The average Bonchev–Trinajstić information content (AvgIpc) is 3.21. The molecule has 0 saturated carbocycles. The highest BCUT2D eigenvalue weighted by Crippen LogP contribution is 2.24. The topological polar surface area (TPSA) is 51.0 Å². The molecule has 0 atom stereocenters. The van der Waals surface area contributed by atoms with E-state index in [2.05, 4.69) is 48.2 Å². The zero-order valence-electron chi connectivity index (χ0n) is 14.1. The third kappa shape index (κ3) is 4.32. The average molecular weight is 339 g/mol. The Labute approximate surface area is 146 Å². The minimum absolute atomic E-state index is 0.0297. The molecule has 4 nitrogen and oxygen atoms in total. The third-order valence-electron chi connectivity index (χ3n) is 3.46. The molecule has 3 aromatic rings. The van der Waals surface area contributed by atoms with Crippen molar-refractivity contribution >= 4 is 28.6 Å². The lowest BCUT2D eigenvalue weighted by Crippen LogP contribution is -2.09. The molecule has 0 radical (unpaired) electrons. The molecule has 0 aliphatic carbocycles. The van der Waals surface area contributed by atoms with Gasteiger partial charge in [-0.15, -0.1) is 0 Å². The molecule has 0 saturated heterocycles. The Bertz CT molecular complexity index is 813. The van der Waals surface area contributed by atoms with Gasteiger partial charge in [-0.3, -0.25) is 0 Å².